The summed E-state index contributed by atoms with van der Waals surface area (Å²) < 4.78 is 34.6. The second kappa shape index (κ2) is 8.27. The van der Waals surface area contributed by atoms with Crippen LogP contribution in [0.4, 0.5) is 11.4 Å². The van der Waals surface area contributed by atoms with Gasteiger partial charge in [0.05, 0.1) is 18.0 Å². The van der Waals surface area contributed by atoms with Gasteiger partial charge in [0.15, 0.2) is 0 Å². The third-order valence-electron chi connectivity index (χ3n) is 6.57. The van der Waals surface area contributed by atoms with Crippen molar-refractivity contribution in [2.24, 2.45) is 5.92 Å². The molecule has 3 aromatic rings. The number of methoxy groups -OCH3 is 1. The van der Waals surface area contributed by atoms with Crippen molar-refractivity contribution in [1.29, 1.82) is 0 Å². The first-order chi connectivity index (χ1) is 15.8. The fourth-order valence-corrected chi connectivity index (χ4v) is 6.23. The van der Waals surface area contributed by atoms with E-state index in [9.17, 15) is 8.42 Å². The van der Waals surface area contributed by atoms with E-state index in [0.717, 1.165) is 34.5 Å². The number of benzene rings is 3. The summed E-state index contributed by atoms with van der Waals surface area (Å²) in [5.74, 6) is 1.31. The van der Waals surface area contributed by atoms with Gasteiger partial charge in [0.25, 0.3) is 10.0 Å². The summed E-state index contributed by atoms with van der Waals surface area (Å²) in [5.41, 5.74) is 5.79. The molecule has 5 rings (SSSR count). The molecule has 170 valence electrons. The number of anilines is 2. The third-order valence-corrected chi connectivity index (χ3v) is 7.95. The van der Waals surface area contributed by atoms with Crippen LogP contribution < -0.4 is 14.8 Å². The second-order valence-electron chi connectivity index (χ2n) is 8.98. The van der Waals surface area contributed by atoms with Gasteiger partial charge in [0, 0.05) is 17.3 Å². The van der Waals surface area contributed by atoms with Crippen molar-refractivity contribution >= 4 is 21.4 Å². The Labute approximate surface area is 195 Å². The van der Waals surface area contributed by atoms with Gasteiger partial charge in [-0.15, -0.1) is 0 Å². The monoisotopic (exact) mass is 460 g/mol. The third kappa shape index (κ3) is 4.11. The summed E-state index contributed by atoms with van der Waals surface area (Å²) >= 11 is 0. The Balaban J connectivity index is 1.49. The molecule has 0 amide bonds. The number of rotatable bonds is 5. The Morgan fingerprint density at radius 3 is 2.55 bits per heavy atom. The highest BCUT2D eigenvalue weighted by Crippen LogP contribution is 2.50. The molecule has 0 bridgehead atoms. The lowest BCUT2D eigenvalue weighted by Gasteiger charge is -2.37. The molecule has 2 N–H and O–H groups in total. The van der Waals surface area contributed by atoms with Gasteiger partial charge in [0.2, 0.25) is 0 Å². The SMILES string of the molecule is COc1cccc([C@H]2Nc3ccc(S(=O)(=O)Nc4cc(C)cc(C)c4)cc3[C@H]3C=CC[C@H]32)c1. The summed E-state index contributed by atoms with van der Waals surface area (Å²) in [4.78, 5) is 0.279. The number of aryl methyl sites for hydroxylation is 2. The van der Waals surface area contributed by atoms with Crippen molar-refractivity contribution in [3.63, 3.8) is 0 Å². The van der Waals surface area contributed by atoms with Crippen molar-refractivity contribution in [3.8, 4) is 5.75 Å². The predicted octanol–water partition coefficient (Wildman–Crippen LogP) is 5.94. The molecule has 1 heterocycles. The van der Waals surface area contributed by atoms with Crippen LogP contribution in [0.1, 0.15) is 40.6 Å². The van der Waals surface area contributed by atoms with Crippen molar-refractivity contribution in [2.45, 2.75) is 37.1 Å². The normalized spacial score (nSPS) is 21.1. The molecule has 33 heavy (non-hydrogen) atoms. The van der Waals surface area contributed by atoms with E-state index in [0.29, 0.717) is 11.6 Å². The first kappa shape index (κ1) is 21.6. The molecular weight excluding hydrogens is 432 g/mol. The summed E-state index contributed by atoms with van der Waals surface area (Å²) in [5, 5.41) is 3.67. The van der Waals surface area contributed by atoms with Crippen LogP contribution in [0.15, 0.2) is 77.7 Å². The van der Waals surface area contributed by atoms with Crippen LogP contribution in [0.5, 0.6) is 5.75 Å². The lowest BCUT2D eigenvalue weighted by molar-refractivity contribution is 0.406. The zero-order chi connectivity index (χ0) is 23.2. The molecule has 5 nitrogen and oxygen atoms in total. The summed E-state index contributed by atoms with van der Waals surface area (Å²) in [6.45, 7) is 3.92. The van der Waals surface area contributed by atoms with E-state index < -0.39 is 10.0 Å². The standard InChI is InChI=1S/C27H28N2O3S/c1-17-12-18(2)14-20(13-17)29-33(30,31)22-10-11-26-25(16-22)23-8-5-9-24(23)27(28-26)19-6-4-7-21(15-19)32-3/h4-8,10-16,23-24,27-29H,9H2,1-3H3/t23-,24+,27+/m0/s1. The highest BCUT2D eigenvalue weighted by molar-refractivity contribution is 7.92. The molecule has 6 heteroatoms. The molecule has 0 saturated carbocycles. The Morgan fingerprint density at radius 2 is 1.79 bits per heavy atom. The summed E-state index contributed by atoms with van der Waals surface area (Å²) in [6.07, 6.45) is 5.36. The smallest absolute Gasteiger partial charge is 0.261 e. The Hall–Kier alpha value is -3.25. The predicted molar refractivity (Wildman–Crippen MR) is 133 cm³/mol. The topological polar surface area (TPSA) is 67.4 Å². The van der Waals surface area contributed by atoms with E-state index >= 15 is 0 Å². The van der Waals surface area contributed by atoms with Crippen LogP contribution in [0.25, 0.3) is 0 Å². The molecule has 1 aliphatic heterocycles. The molecule has 0 unspecified atom stereocenters. The fourth-order valence-electron chi connectivity index (χ4n) is 5.15. The Morgan fingerprint density at radius 1 is 1.00 bits per heavy atom. The van der Waals surface area contributed by atoms with Gasteiger partial charge in [-0.1, -0.05) is 30.4 Å². The lowest BCUT2D eigenvalue weighted by Crippen LogP contribution is -2.29. The molecule has 0 radical (unpaired) electrons. The zero-order valence-corrected chi connectivity index (χ0v) is 19.8. The van der Waals surface area contributed by atoms with E-state index in [4.69, 9.17) is 4.74 Å². The van der Waals surface area contributed by atoms with Crippen LogP contribution in [0, 0.1) is 19.8 Å². The Bertz CT molecular complexity index is 1330. The van der Waals surface area contributed by atoms with Crippen molar-refractivity contribution in [3.05, 3.63) is 95.1 Å². The molecule has 0 saturated heterocycles. The lowest BCUT2D eigenvalue weighted by atomic mass is 9.77. The van der Waals surface area contributed by atoms with Gasteiger partial charge >= 0.3 is 0 Å². The van der Waals surface area contributed by atoms with Crippen molar-refractivity contribution in [2.75, 3.05) is 17.1 Å². The quantitative estimate of drug-likeness (QED) is 0.463. The summed E-state index contributed by atoms with van der Waals surface area (Å²) in [6, 6.07) is 19.4. The van der Waals surface area contributed by atoms with Crippen molar-refractivity contribution < 1.29 is 13.2 Å². The summed E-state index contributed by atoms with van der Waals surface area (Å²) in [7, 11) is -2.02. The largest absolute Gasteiger partial charge is 0.497 e. The van der Waals surface area contributed by atoms with E-state index in [1.165, 1.54) is 5.56 Å². The molecule has 0 fully saturated rings. The first-order valence-electron chi connectivity index (χ1n) is 11.2. The molecule has 1 aliphatic carbocycles. The van der Waals surface area contributed by atoms with E-state index in [-0.39, 0.29) is 16.9 Å². The number of fused-ring (bicyclic) bond motifs is 3. The average Bonchev–Trinajstić information content (AvgIpc) is 3.27. The molecular formula is C27H28N2O3S. The maximum atomic E-state index is 13.2. The van der Waals surface area contributed by atoms with Crippen LogP contribution in [-0.2, 0) is 10.0 Å². The van der Waals surface area contributed by atoms with Gasteiger partial charge in [0.1, 0.15) is 5.75 Å². The van der Waals surface area contributed by atoms with Gasteiger partial charge in [-0.25, -0.2) is 8.42 Å². The molecule has 3 atom stereocenters. The van der Waals surface area contributed by atoms with Crippen LogP contribution >= 0.6 is 0 Å². The number of allylic oxidation sites excluding steroid dienone is 2. The number of sulfonamides is 1. The number of hydrogen-bond donors (Lipinski definition) is 2. The Kier molecular flexibility index (Phi) is 5.41. The van der Waals surface area contributed by atoms with E-state index in [2.05, 4.69) is 34.3 Å². The van der Waals surface area contributed by atoms with Crippen molar-refractivity contribution in [1.82, 2.24) is 0 Å². The van der Waals surface area contributed by atoms with Crippen LogP contribution in [0.3, 0.4) is 0 Å². The highest BCUT2D eigenvalue weighted by Gasteiger charge is 2.38. The minimum Gasteiger partial charge on any atom is -0.497 e. The second-order valence-corrected chi connectivity index (χ2v) is 10.7. The van der Waals surface area contributed by atoms with E-state index in [1.54, 1.807) is 13.2 Å². The average molecular weight is 461 g/mol. The van der Waals surface area contributed by atoms with Gasteiger partial charge in [-0.3, -0.25) is 4.72 Å². The maximum absolute atomic E-state index is 13.2. The zero-order valence-electron chi connectivity index (χ0n) is 19.0. The minimum absolute atomic E-state index is 0.128. The molecule has 0 aromatic heterocycles. The van der Waals surface area contributed by atoms with Gasteiger partial charge in [-0.2, -0.15) is 0 Å². The highest BCUT2D eigenvalue weighted by atomic mass is 32.2. The minimum atomic E-state index is -3.70. The molecule has 2 aliphatic rings. The maximum Gasteiger partial charge on any atom is 0.261 e. The number of hydrogen-bond acceptors (Lipinski definition) is 4. The van der Waals surface area contributed by atoms with Gasteiger partial charge in [-0.05, 0) is 90.9 Å². The number of ether oxygens (including phenoxy) is 1. The van der Waals surface area contributed by atoms with E-state index in [1.807, 2.05) is 56.3 Å². The van der Waals surface area contributed by atoms with Crippen LogP contribution in [0.2, 0.25) is 0 Å². The van der Waals surface area contributed by atoms with Gasteiger partial charge < -0.3 is 10.1 Å². The molecule has 3 aromatic carbocycles. The first-order valence-corrected chi connectivity index (χ1v) is 12.6. The fraction of sp³-hybridized carbons (Fsp3) is 0.259. The number of nitrogens with one attached hydrogen (secondary N) is 2. The van der Waals surface area contributed by atoms with Crippen LogP contribution in [-0.4, -0.2) is 15.5 Å². The molecule has 0 spiro atoms.